The molecule has 0 spiro atoms. The Bertz CT molecular complexity index is 920. The summed E-state index contributed by atoms with van der Waals surface area (Å²) in [7, 11) is 0. The maximum Gasteiger partial charge on any atom is 0.232 e. The Morgan fingerprint density at radius 1 is 1.30 bits per heavy atom. The standard InChI is InChI=1S/C22H25NO3S/c1-13-4-7-23(8-5-13)12-16-17(24)10-15(3)20-21(25)18(26-22(16)20)11-19-14(2)6-9-27-19/h6,9-11,13,24H,4-5,7-8,12H2,1-3H3/b18-11-. The first-order chi connectivity index (χ1) is 12.9. The second-order valence-corrected chi connectivity index (χ2v) is 8.71. The van der Waals surface area contributed by atoms with E-state index in [9.17, 15) is 9.90 Å². The minimum Gasteiger partial charge on any atom is -0.507 e. The number of carbonyl (C=O) groups is 1. The van der Waals surface area contributed by atoms with Gasteiger partial charge in [-0.05, 0) is 74.3 Å². The molecule has 3 heterocycles. The zero-order valence-corrected chi connectivity index (χ0v) is 16.9. The van der Waals surface area contributed by atoms with E-state index >= 15 is 0 Å². The minimum atomic E-state index is -0.0937. The van der Waals surface area contributed by atoms with Crippen molar-refractivity contribution in [2.75, 3.05) is 13.1 Å². The number of benzene rings is 1. The fourth-order valence-corrected chi connectivity index (χ4v) is 4.68. The highest BCUT2D eigenvalue weighted by atomic mass is 32.1. The van der Waals surface area contributed by atoms with Crippen LogP contribution in [-0.2, 0) is 6.54 Å². The molecule has 4 nitrogen and oxygen atoms in total. The number of ether oxygens (including phenoxy) is 1. The van der Waals surface area contributed by atoms with Gasteiger partial charge in [0.15, 0.2) is 5.76 Å². The summed E-state index contributed by atoms with van der Waals surface area (Å²) in [5, 5.41) is 12.6. The number of carbonyl (C=O) groups excluding carboxylic acids is 1. The number of rotatable bonds is 3. The molecule has 142 valence electrons. The highest BCUT2D eigenvalue weighted by Crippen LogP contribution is 2.42. The first-order valence-electron chi connectivity index (χ1n) is 9.50. The summed E-state index contributed by atoms with van der Waals surface area (Å²) in [5.74, 6) is 1.75. The Hall–Kier alpha value is -2.11. The van der Waals surface area contributed by atoms with Crippen LogP contribution >= 0.6 is 11.3 Å². The van der Waals surface area contributed by atoms with Crippen molar-refractivity contribution in [2.45, 2.75) is 40.2 Å². The van der Waals surface area contributed by atoms with Crippen LogP contribution in [0.2, 0.25) is 0 Å². The van der Waals surface area contributed by atoms with E-state index in [1.165, 1.54) is 0 Å². The van der Waals surface area contributed by atoms with Crippen LogP contribution in [0.1, 0.15) is 51.7 Å². The Morgan fingerprint density at radius 2 is 2.04 bits per heavy atom. The first kappa shape index (κ1) is 18.3. The van der Waals surface area contributed by atoms with E-state index in [0.29, 0.717) is 23.6 Å². The van der Waals surface area contributed by atoms with Gasteiger partial charge in [-0.3, -0.25) is 9.69 Å². The molecule has 0 atom stereocenters. The number of nitrogens with zero attached hydrogens (tertiary/aromatic N) is 1. The molecule has 0 unspecified atom stereocenters. The van der Waals surface area contributed by atoms with Crippen molar-refractivity contribution in [1.29, 1.82) is 0 Å². The van der Waals surface area contributed by atoms with Gasteiger partial charge in [0.05, 0.1) is 11.1 Å². The molecule has 0 radical (unpaired) electrons. The maximum absolute atomic E-state index is 13.0. The third kappa shape index (κ3) is 3.42. The van der Waals surface area contributed by atoms with Crippen molar-refractivity contribution >= 4 is 23.2 Å². The number of Topliss-reactive ketones (excluding diaryl/α,β-unsaturated/α-hetero) is 1. The average Bonchev–Trinajstić information content (AvgIpc) is 3.18. The molecular formula is C22H25NO3S. The van der Waals surface area contributed by atoms with Crippen LogP contribution in [-0.4, -0.2) is 28.9 Å². The zero-order valence-electron chi connectivity index (χ0n) is 16.0. The van der Waals surface area contributed by atoms with Gasteiger partial charge in [0.2, 0.25) is 5.78 Å². The molecule has 2 aromatic rings. The number of hydrogen-bond acceptors (Lipinski definition) is 5. The number of phenols is 1. The van der Waals surface area contributed by atoms with Gasteiger partial charge in [0.25, 0.3) is 0 Å². The van der Waals surface area contributed by atoms with Gasteiger partial charge in [0.1, 0.15) is 11.5 Å². The monoisotopic (exact) mass is 383 g/mol. The molecule has 0 saturated carbocycles. The van der Waals surface area contributed by atoms with Crippen LogP contribution in [0.4, 0.5) is 0 Å². The number of phenolic OH excluding ortho intramolecular Hbond substituents is 1. The van der Waals surface area contributed by atoms with Gasteiger partial charge < -0.3 is 9.84 Å². The van der Waals surface area contributed by atoms with E-state index in [1.807, 2.05) is 31.4 Å². The van der Waals surface area contributed by atoms with E-state index < -0.39 is 0 Å². The number of piperidine rings is 1. The molecule has 1 aromatic carbocycles. The lowest BCUT2D eigenvalue weighted by Crippen LogP contribution is -2.32. The van der Waals surface area contributed by atoms with Crippen LogP contribution in [0.15, 0.2) is 23.3 Å². The molecular weight excluding hydrogens is 358 g/mol. The van der Waals surface area contributed by atoms with Crippen molar-refractivity contribution in [2.24, 2.45) is 5.92 Å². The van der Waals surface area contributed by atoms with E-state index in [1.54, 1.807) is 17.4 Å². The smallest absolute Gasteiger partial charge is 0.232 e. The molecule has 0 aliphatic carbocycles. The van der Waals surface area contributed by atoms with Crippen molar-refractivity contribution in [3.8, 4) is 11.5 Å². The minimum absolute atomic E-state index is 0.0937. The predicted molar refractivity (Wildman–Crippen MR) is 109 cm³/mol. The van der Waals surface area contributed by atoms with E-state index in [4.69, 9.17) is 4.74 Å². The fraction of sp³-hybridized carbons (Fsp3) is 0.409. The molecule has 2 aliphatic rings. The lowest BCUT2D eigenvalue weighted by molar-refractivity contribution is 0.101. The van der Waals surface area contributed by atoms with Crippen LogP contribution in [0.5, 0.6) is 11.5 Å². The van der Waals surface area contributed by atoms with Crippen LogP contribution in [0.3, 0.4) is 0 Å². The summed E-state index contributed by atoms with van der Waals surface area (Å²) in [6.07, 6.45) is 4.15. The molecule has 4 rings (SSSR count). The van der Waals surface area contributed by atoms with Gasteiger partial charge in [-0.2, -0.15) is 0 Å². The number of hydrogen-bond donors (Lipinski definition) is 1. The molecule has 1 N–H and O–H groups in total. The zero-order chi connectivity index (χ0) is 19.1. The summed E-state index contributed by atoms with van der Waals surface area (Å²) in [6, 6.07) is 3.73. The second kappa shape index (κ2) is 7.13. The molecule has 5 heteroatoms. The number of ketones is 1. The predicted octanol–water partition coefficient (Wildman–Crippen LogP) is 4.92. The third-order valence-electron chi connectivity index (χ3n) is 5.64. The van der Waals surface area contributed by atoms with Gasteiger partial charge in [-0.25, -0.2) is 0 Å². The number of allylic oxidation sites excluding steroid dienone is 1. The largest absolute Gasteiger partial charge is 0.507 e. The highest BCUT2D eigenvalue weighted by Gasteiger charge is 2.34. The lowest BCUT2D eigenvalue weighted by atomic mass is 9.96. The lowest BCUT2D eigenvalue weighted by Gasteiger charge is -2.30. The first-order valence-corrected chi connectivity index (χ1v) is 10.4. The summed E-state index contributed by atoms with van der Waals surface area (Å²) in [4.78, 5) is 16.3. The van der Waals surface area contributed by atoms with Gasteiger partial charge in [-0.15, -0.1) is 11.3 Å². The van der Waals surface area contributed by atoms with E-state index in [2.05, 4.69) is 11.8 Å². The molecule has 2 aliphatic heterocycles. The van der Waals surface area contributed by atoms with Crippen molar-refractivity contribution in [3.05, 3.63) is 50.4 Å². The maximum atomic E-state index is 13.0. The summed E-state index contributed by atoms with van der Waals surface area (Å²) in [6.45, 7) is 8.78. The Morgan fingerprint density at radius 3 is 2.70 bits per heavy atom. The summed E-state index contributed by atoms with van der Waals surface area (Å²) >= 11 is 1.59. The average molecular weight is 384 g/mol. The Balaban J connectivity index is 1.68. The number of fused-ring (bicyclic) bond motifs is 1. The molecule has 0 bridgehead atoms. The number of thiophene rings is 1. The Kier molecular flexibility index (Phi) is 4.82. The summed E-state index contributed by atoms with van der Waals surface area (Å²) < 4.78 is 6.03. The number of aryl methyl sites for hydroxylation is 2. The van der Waals surface area contributed by atoms with E-state index in [0.717, 1.165) is 53.4 Å². The number of likely N-dealkylation sites (tertiary alicyclic amines) is 1. The number of aromatic hydroxyl groups is 1. The fourth-order valence-electron chi connectivity index (χ4n) is 3.83. The van der Waals surface area contributed by atoms with Crippen LogP contribution < -0.4 is 4.74 Å². The van der Waals surface area contributed by atoms with E-state index in [-0.39, 0.29) is 11.5 Å². The molecule has 1 aromatic heterocycles. The Labute approximate surface area is 164 Å². The molecule has 1 fully saturated rings. The quantitative estimate of drug-likeness (QED) is 0.765. The molecule has 0 amide bonds. The van der Waals surface area contributed by atoms with Crippen molar-refractivity contribution < 1.29 is 14.6 Å². The van der Waals surface area contributed by atoms with Crippen LogP contribution in [0, 0.1) is 19.8 Å². The van der Waals surface area contributed by atoms with Crippen molar-refractivity contribution in [3.63, 3.8) is 0 Å². The molecule has 1 saturated heterocycles. The third-order valence-corrected chi connectivity index (χ3v) is 6.61. The van der Waals surface area contributed by atoms with Gasteiger partial charge in [0, 0.05) is 17.5 Å². The SMILES string of the molecule is Cc1ccsc1/C=C1\Oc2c(CN3CCC(C)CC3)c(O)cc(C)c2C1=O. The topological polar surface area (TPSA) is 49.8 Å². The van der Waals surface area contributed by atoms with Crippen molar-refractivity contribution in [1.82, 2.24) is 4.90 Å². The van der Waals surface area contributed by atoms with Gasteiger partial charge >= 0.3 is 0 Å². The molecule has 27 heavy (non-hydrogen) atoms. The van der Waals surface area contributed by atoms with Gasteiger partial charge in [-0.1, -0.05) is 6.92 Å². The normalized spacial score (nSPS) is 19.5. The van der Waals surface area contributed by atoms with Crippen LogP contribution in [0.25, 0.3) is 6.08 Å². The second-order valence-electron chi connectivity index (χ2n) is 7.76. The summed E-state index contributed by atoms with van der Waals surface area (Å²) in [5.41, 5.74) is 3.20. The highest BCUT2D eigenvalue weighted by molar-refractivity contribution is 7.11.